The lowest BCUT2D eigenvalue weighted by Gasteiger charge is -2.56. The summed E-state index contributed by atoms with van der Waals surface area (Å²) in [6.07, 6.45) is 9.67. The van der Waals surface area contributed by atoms with Crippen molar-refractivity contribution in [3.05, 3.63) is 70.1 Å². The van der Waals surface area contributed by atoms with Crippen molar-refractivity contribution in [2.45, 2.75) is 83.8 Å². The Labute approximate surface area is 296 Å². The van der Waals surface area contributed by atoms with Gasteiger partial charge in [0.05, 0.1) is 40.2 Å². The molecule has 51 heavy (non-hydrogen) atoms. The number of Topliss-reactive ketones (excluding diaryl/α,β-unsaturated/α-hetero) is 1. The summed E-state index contributed by atoms with van der Waals surface area (Å²) >= 11 is 0. The van der Waals surface area contributed by atoms with Gasteiger partial charge in [0.2, 0.25) is 0 Å². The minimum absolute atomic E-state index is 0.0159. The van der Waals surface area contributed by atoms with Gasteiger partial charge in [-0.25, -0.2) is 4.79 Å². The van der Waals surface area contributed by atoms with E-state index in [1.165, 1.54) is 33.6 Å². The molecular weight excluding hydrogens is 646 g/mol. The van der Waals surface area contributed by atoms with Crippen molar-refractivity contribution < 1.29 is 14.7 Å². The summed E-state index contributed by atoms with van der Waals surface area (Å²) in [5.74, 6) is 3.25. The van der Waals surface area contributed by atoms with Crippen LogP contribution in [-0.2, 0) is 16.1 Å². The quantitative estimate of drug-likeness (QED) is 0.381. The largest absolute Gasteiger partial charge is 0.390 e. The van der Waals surface area contributed by atoms with Gasteiger partial charge in [0.25, 0.3) is 5.91 Å². The van der Waals surface area contributed by atoms with Gasteiger partial charge in [-0.2, -0.15) is 30.0 Å². The van der Waals surface area contributed by atoms with E-state index in [-0.39, 0.29) is 36.1 Å². The van der Waals surface area contributed by atoms with E-state index in [4.69, 9.17) is 10.5 Å². The molecule has 264 valence electrons. The van der Waals surface area contributed by atoms with Crippen molar-refractivity contribution >= 4 is 17.4 Å². The number of aliphatic hydroxyl groups is 1. The first-order valence-electron chi connectivity index (χ1n) is 18.0. The molecule has 4 aliphatic carbocycles. The number of rotatable bonds is 5. The van der Waals surface area contributed by atoms with Crippen molar-refractivity contribution in [3.8, 4) is 17.8 Å². The number of carbonyl (C=O) groups is 2. The van der Waals surface area contributed by atoms with E-state index in [9.17, 15) is 19.5 Å². The molecule has 4 fully saturated rings. The summed E-state index contributed by atoms with van der Waals surface area (Å²) in [4.78, 5) is 37.8. The number of nitrogens with zero attached hydrogens (tertiary/aromatic N) is 9. The van der Waals surface area contributed by atoms with Crippen molar-refractivity contribution in [1.82, 2.24) is 19.8 Å². The Bertz CT molecular complexity index is 1970. The molecule has 0 bridgehead atoms. The monoisotopic (exact) mass is 689 g/mol. The fourth-order valence-electron chi connectivity index (χ4n) is 10.2. The van der Waals surface area contributed by atoms with Crippen molar-refractivity contribution in [2.75, 3.05) is 11.6 Å². The number of tetrazole rings is 1. The molecule has 0 saturated heterocycles. The molecule has 13 nitrogen and oxygen atoms in total. The number of hydrogen-bond donors (Lipinski definition) is 1. The minimum Gasteiger partial charge on any atom is -0.390 e. The maximum Gasteiger partial charge on any atom is 0.368 e. The molecule has 5 aliphatic rings. The van der Waals surface area contributed by atoms with Gasteiger partial charge in [0, 0.05) is 5.92 Å². The normalized spacial score (nSPS) is 32.1. The van der Waals surface area contributed by atoms with Gasteiger partial charge >= 0.3 is 5.69 Å². The van der Waals surface area contributed by atoms with Crippen molar-refractivity contribution in [3.63, 3.8) is 0 Å². The highest BCUT2D eigenvalue weighted by Gasteiger charge is 2.58. The third-order valence-corrected chi connectivity index (χ3v) is 12.6. The molecule has 0 radical (unpaired) electrons. The summed E-state index contributed by atoms with van der Waals surface area (Å²) in [6.45, 7) is 4.39. The van der Waals surface area contributed by atoms with Gasteiger partial charge in [-0.15, -0.1) is 0 Å². The van der Waals surface area contributed by atoms with Gasteiger partial charge in [-0.3, -0.25) is 9.59 Å². The van der Waals surface area contributed by atoms with E-state index in [0.29, 0.717) is 40.3 Å². The molecule has 3 aromatic rings. The molecule has 1 aliphatic heterocycles. The van der Waals surface area contributed by atoms with Crippen LogP contribution in [0.4, 0.5) is 5.69 Å². The van der Waals surface area contributed by atoms with E-state index in [1.54, 1.807) is 48.5 Å². The van der Waals surface area contributed by atoms with E-state index in [1.807, 2.05) is 13.0 Å². The number of benzene rings is 2. The Morgan fingerprint density at radius 3 is 2.16 bits per heavy atom. The van der Waals surface area contributed by atoms with Crippen LogP contribution >= 0.6 is 0 Å². The summed E-state index contributed by atoms with van der Waals surface area (Å²) < 4.78 is 2.36. The SMILES string of the molecule is C[C@@]1(O)CC[C@H]2[C@H](CC[C@@H]3[C@@H]2CC[C@]2(C)[C@@H](C(=O)Cn4nnn(-c5ccc(C#N)cc5)c4=O)CC[C@@H]32)C1.N#Cc1ccc(N2N=NCC2=O)cc1. The number of fused-ring (bicyclic) bond motifs is 5. The number of hydrogen-bond acceptors (Lipinski definition) is 10. The zero-order valence-electron chi connectivity index (χ0n) is 29.1. The summed E-state index contributed by atoms with van der Waals surface area (Å²) in [5.41, 5.74) is 1.26. The molecule has 1 N–H and O–H groups in total. The Hall–Kier alpha value is -5.01. The number of anilines is 1. The molecule has 0 spiro atoms. The number of carbonyl (C=O) groups excluding carboxylic acids is 2. The summed E-state index contributed by atoms with van der Waals surface area (Å²) in [6, 6.07) is 17.2. The summed E-state index contributed by atoms with van der Waals surface area (Å²) in [7, 11) is 0. The van der Waals surface area contributed by atoms with E-state index < -0.39 is 11.3 Å². The van der Waals surface area contributed by atoms with Crippen LogP contribution < -0.4 is 10.7 Å². The van der Waals surface area contributed by atoms with Gasteiger partial charge in [0.1, 0.15) is 13.1 Å². The first-order chi connectivity index (χ1) is 24.5. The molecule has 1 amide bonds. The second-order valence-electron chi connectivity index (χ2n) is 15.6. The Morgan fingerprint density at radius 1 is 0.843 bits per heavy atom. The Kier molecular flexibility index (Phi) is 9.19. The highest BCUT2D eigenvalue weighted by atomic mass is 16.3. The standard InChI is InChI=1S/C29H37N5O3.C9H6N4O/c1-28(37)13-11-21-19(15-28)5-8-23-22(21)12-14-29(2)24(23)9-10-25(29)26(35)17-33-27(36)34(32-31-33)20-6-3-18(16-30)4-7-20;10-5-7-1-3-8(4-2-7)13-9(14)6-11-12-13/h3-4,6-7,19,21-25,37H,5,8-15,17H2,1-2H3;1-4H,6H2/t19-,21+,22-,23-,24+,25-,28-,29+;/m1./s1. The lowest BCUT2D eigenvalue weighted by atomic mass is 9.49. The van der Waals surface area contributed by atoms with Crippen molar-refractivity contribution in [1.29, 1.82) is 10.5 Å². The second kappa shape index (κ2) is 13.6. The van der Waals surface area contributed by atoms with E-state index >= 15 is 0 Å². The van der Waals surface area contributed by atoms with Crippen LogP contribution in [0.3, 0.4) is 0 Å². The van der Waals surface area contributed by atoms with E-state index in [0.717, 1.165) is 50.4 Å². The maximum absolute atomic E-state index is 13.6. The van der Waals surface area contributed by atoms with E-state index in [2.05, 4.69) is 33.8 Å². The van der Waals surface area contributed by atoms with Crippen LogP contribution in [0.15, 0.2) is 63.7 Å². The highest BCUT2D eigenvalue weighted by Crippen LogP contribution is 2.64. The fraction of sp³-hybridized carbons (Fsp3) is 0.553. The van der Waals surface area contributed by atoms with Gasteiger partial charge in [0.15, 0.2) is 5.78 Å². The van der Waals surface area contributed by atoms with Gasteiger partial charge < -0.3 is 5.11 Å². The predicted molar refractivity (Wildman–Crippen MR) is 185 cm³/mol. The first-order valence-corrected chi connectivity index (χ1v) is 18.0. The Morgan fingerprint density at radius 2 is 1.51 bits per heavy atom. The number of aromatic nitrogens is 4. The minimum atomic E-state index is -0.498. The molecule has 8 rings (SSSR count). The molecule has 2 aromatic carbocycles. The third kappa shape index (κ3) is 6.51. The number of nitriles is 2. The van der Waals surface area contributed by atoms with Gasteiger partial charge in [-0.05, 0) is 159 Å². The van der Waals surface area contributed by atoms with Crippen LogP contribution in [-0.4, -0.2) is 48.7 Å². The number of amides is 1. The molecule has 1 aromatic heterocycles. The average molecular weight is 690 g/mol. The molecule has 8 atom stereocenters. The van der Waals surface area contributed by atoms with Crippen LogP contribution in [0.2, 0.25) is 0 Å². The van der Waals surface area contributed by atoms with Crippen LogP contribution in [0.5, 0.6) is 0 Å². The lowest BCUT2D eigenvalue weighted by Crippen LogP contribution is -2.51. The van der Waals surface area contributed by atoms with Crippen LogP contribution in [0.25, 0.3) is 5.69 Å². The van der Waals surface area contributed by atoms with Crippen molar-refractivity contribution in [2.24, 2.45) is 51.3 Å². The predicted octanol–water partition coefficient (Wildman–Crippen LogP) is 5.16. The molecular formula is C38H43N9O4. The maximum atomic E-state index is 13.6. The third-order valence-electron chi connectivity index (χ3n) is 12.6. The molecule has 13 heteroatoms. The second-order valence-corrected chi connectivity index (χ2v) is 15.6. The Balaban J connectivity index is 0.000000243. The van der Waals surface area contributed by atoms with Gasteiger partial charge in [-0.1, -0.05) is 12.1 Å². The summed E-state index contributed by atoms with van der Waals surface area (Å²) in [5, 5.41) is 44.7. The molecule has 0 unspecified atom stereocenters. The fourth-order valence-corrected chi connectivity index (χ4v) is 10.2. The first kappa shape index (κ1) is 34.4. The zero-order chi connectivity index (χ0) is 35.9. The van der Waals surface area contributed by atoms with Crippen LogP contribution in [0.1, 0.15) is 82.8 Å². The highest BCUT2D eigenvalue weighted by molar-refractivity contribution is 5.95. The average Bonchev–Trinajstić information content (AvgIpc) is 3.84. The number of ketones is 1. The lowest BCUT2D eigenvalue weighted by molar-refractivity contribution is -0.133. The molecule has 4 saturated carbocycles. The topological polar surface area (TPSA) is 183 Å². The zero-order valence-corrected chi connectivity index (χ0v) is 29.1. The smallest absolute Gasteiger partial charge is 0.368 e. The molecule has 2 heterocycles. The van der Waals surface area contributed by atoms with Crippen LogP contribution in [0, 0.1) is 63.6 Å².